The minimum absolute atomic E-state index is 0.0286. The van der Waals surface area contributed by atoms with Gasteiger partial charge in [0.1, 0.15) is 0 Å². The third-order valence-electron chi connectivity index (χ3n) is 2.57. The fourth-order valence-corrected chi connectivity index (χ4v) is 1.19. The Morgan fingerprint density at radius 1 is 1.33 bits per heavy atom. The van der Waals surface area contributed by atoms with Crippen LogP contribution in [0.1, 0.15) is 33.1 Å². The van der Waals surface area contributed by atoms with Gasteiger partial charge in [0.15, 0.2) is 0 Å². The summed E-state index contributed by atoms with van der Waals surface area (Å²) in [5.74, 6) is 0.403. The fraction of sp³-hybridized carbons (Fsp3) is 1.00. The molecule has 3 N–H and O–H groups in total. The summed E-state index contributed by atoms with van der Waals surface area (Å²) < 4.78 is 35.3. The van der Waals surface area contributed by atoms with Crippen molar-refractivity contribution in [2.75, 3.05) is 13.1 Å². The first-order valence-electron chi connectivity index (χ1n) is 5.40. The standard InChI is InChI=1S/C10H21F3N2/c1-3-8(2)9(14)7-15-6-4-5-10(11,12)13/h8-9,15H,3-7,14H2,1-2H3. The lowest BCUT2D eigenvalue weighted by atomic mass is 10.0. The van der Waals surface area contributed by atoms with Crippen LogP contribution in [0.5, 0.6) is 0 Å². The first-order valence-corrected chi connectivity index (χ1v) is 5.40. The van der Waals surface area contributed by atoms with Gasteiger partial charge in [-0.1, -0.05) is 20.3 Å². The van der Waals surface area contributed by atoms with Crippen molar-refractivity contribution in [2.45, 2.75) is 45.3 Å². The van der Waals surface area contributed by atoms with Crippen molar-refractivity contribution >= 4 is 0 Å². The van der Waals surface area contributed by atoms with E-state index in [9.17, 15) is 13.2 Å². The van der Waals surface area contributed by atoms with Crippen molar-refractivity contribution in [3.63, 3.8) is 0 Å². The van der Waals surface area contributed by atoms with Crippen LogP contribution in [0.25, 0.3) is 0 Å². The third kappa shape index (κ3) is 8.69. The number of hydrogen-bond acceptors (Lipinski definition) is 2. The second-order valence-corrected chi connectivity index (χ2v) is 3.97. The lowest BCUT2D eigenvalue weighted by Gasteiger charge is -2.18. The van der Waals surface area contributed by atoms with Gasteiger partial charge in [-0.05, 0) is 18.9 Å². The predicted octanol–water partition coefficient (Wildman–Crippen LogP) is 2.29. The minimum atomic E-state index is -4.04. The molecule has 0 saturated carbocycles. The van der Waals surface area contributed by atoms with E-state index in [1.165, 1.54) is 0 Å². The Kier molecular flexibility index (Phi) is 6.92. The summed E-state index contributed by atoms with van der Waals surface area (Å²) in [5.41, 5.74) is 5.81. The number of nitrogens with two attached hydrogens (primary N) is 1. The molecule has 0 heterocycles. The summed E-state index contributed by atoms with van der Waals surface area (Å²) in [6.07, 6.45) is -3.65. The van der Waals surface area contributed by atoms with Gasteiger partial charge in [-0.3, -0.25) is 0 Å². The molecule has 0 rings (SSSR count). The Labute approximate surface area is 89.4 Å². The molecule has 0 aromatic heterocycles. The van der Waals surface area contributed by atoms with Gasteiger partial charge in [-0.2, -0.15) is 13.2 Å². The van der Waals surface area contributed by atoms with E-state index in [0.29, 0.717) is 19.0 Å². The van der Waals surface area contributed by atoms with E-state index in [0.717, 1.165) is 6.42 Å². The molecule has 0 aromatic rings. The molecule has 0 aromatic carbocycles. The van der Waals surface area contributed by atoms with Crippen LogP contribution < -0.4 is 11.1 Å². The number of nitrogens with one attached hydrogen (secondary N) is 1. The van der Waals surface area contributed by atoms with Crippen LogP contribution in [-0.4, -0.2) is 25.3 Å². The van der Waals surface area contributed by atoms with Crippen molar-refractivity contribution in [1.29, 1.82) is 0 Å². The van der Waals surface area contributed by atoms with Crippen LogP contribution in [0.4, 0.5) is 13.2 Å². The second kappa shape index (κ2) is 7.06. The molecule has 0 radical (unpaired) electrons. The van der Waals surface area contributed by atoms with E-state index in [1.54, 1.807) is 0 Å². The molecular formula is C10H21F3N2. The lowest BCUT2D eigenvalue weighted by molar-refractivity contribution is -0.135. The molecule has 2 atom stereocenters. The summed E-state index contributed by atoms with van der Waals surface area (Å²) in [5, 5.41) is 2.95. The SMILES string of the molecule is CCC(C)C(N)CNCCCC(F)(F)F. The van der Waals surface area contributed by atoms with Crippen molar-refractivity contribution in [2.24, 2.45) is 11.7 Å². The molecule has 0 fully saturated rings. The molecule has 0 aliphatic heterocycles. The summed E-state index contributed by atoms with van der Waals surface area (Å²) in [6, 6.07) is 0.0286. The summed E-state index contributed by atoms with van der Waals surface area (Å²) in [6.45, 7) is 5.06. The molecule has 0 amide bonds. The van der Waals surface area contributed by atoms with Crippen molar-refractivity contribution in [3.05, 3.63) is 0 Å². The van der Waals surface area contributed by atoms with Crippen molar-refractivity contribution < 1.29 is 13.2 Å². The zero-order valence-corrected chi connectivity index (χ0v) is 9.40. The highest BCUT2D eigenvalue weighted by atomic mass is 19.4. The normalized spacial score (nSPS) is 16.4. The van der Waals surface area contributed by atoms with E-state index in [2.05, 4.69) is 5.32 Å². The Bertz CT molecular complexity index is 159. The molecule has 0 aliphatic carbocycles. The number of rotatable bonds is 7. The molecule has 0 spiro atoms. The number of alkyl halides is 3. The molecule has 5 heteroatoms. The monoisotopic (exact) mass is 226 g/mol. The van der Waals surface area contributed by atoms with Crippen LogP contribution >= 0.6 is 0 Å². The molecule has 15 heavy (non-hydrogen) atoms. The van der Waals surface area contributed by atoms with Gasteiger partial charge < -0.3 is 11.1 Å². The Morgan fingerprint density at radius 2 is 1.93 bits per heavy atom. The number of halogens is 3. The highest BCUT2D eigenvalue weighted by molar-refractivity contribution is 4.70. The van der Waals surface area contributed by atoms with Crippen LogP contribution in [0.3, 0.4) is 0 Å². The van der Waals surface area contributed by atoms with Gasteiger partial charge in [-0.25, -0.2) is 0 Å². The largest absolute Gasteiger partial charge is 0.389 e. The first kappa shape index (κ1) is 14.7. The van der Waals surface area contributed by atoms with Gasteiger partial charge in [0.25, 0.3) is 0 Å². The van der Waals surface area contributed by atoms with Crippen molar-refractivity contribution in [1.82, 2.24) is 5.32 Å². The Morgan fingerprint density at radius 3 is 2.40 bits per heavy atom. The van der Waals surface area contributed by atoms with E-state index in [4.69, 9.17) is 5.73 Å². The summed E-state index contributed by atoms with van der Waals surface area (Å²) >= 11 is 0. The summed E-state index contributed by atoms with van der Waals surface area (Å²) in [4.78, 5) is 0. The maximum Gasteiger partial charge on any atom is 0.389 e. The van der Waals surface area contributed by atoms with E-state index in [-0.39, 0.29) is 12.5 Å². The maximum atomic E-state index is 11.8. The molecule has 92 valence electrons. The topological polar surface area (TPSA) is 38.0 Å². The van der Waals surface area contributed by atoms with Crippen LogP contribution in [0.15, 0.2) is 0 Å². The molecule has 0 bridgehead atoms. The molecule has 2 unspecified atom stereocenters. The van der Waals surface area contributed by atoms with Crippen LogP contribution in [0.2, 0.25) is 0 Å². The third-order valence-corrected chi connectivity index (χ3v) is 2.57. The van der Waals surface area contributed by atoms with Gasteiger partial charge in [0.2, 0.25) is 0 Å². The van der Waals surface area contributed by atoms with Gasteiger partial charge in [0, 0.05) is 19.0 Å². The maximum absolute atomic E-state index is 11.8. The van der Waals surface area contributed by atoms with Gasteiger partial charge in [-0.15, -0.1) is 0 Å². The zero-order chi connectivity index (χ0) is 11.9. The van der Waals surface area contributed by atoms with Gasteiger partial charge in [0.05, 0.1) is 0 Å². The van der Waals surface area contributed by atoms with Crippen LogP contribution in [0, 0.1) is 5.92 Å². The molecule has 2 nitrogen and oxygen atoms in total. The molecule has 0 saturated heterocycles. The fourth-order valence-electron chi connectivity index (χ4n) is 1.19. The second-order valence-electron chi connectivity index (χ2n) is 3.97. The van der Waals surface area contributed by atoms with Crippen molar-refractivity contribution in [3.8, 4) is 0 Å². The van der Waals surface area contributed by atoms with E-state index >= 15 is 0 Å². The molecular weight excluding hydrogens is 205 g/mol. The van der Waals surface area contributed by atoms with Gasteiger partial charge >= 0.3 is 6.18 Å². The highest BCUT2D eigenvalue weighted by Gasteiger charge is 2.25. The zero-order valence-electron chi connectivity index (χ0n) is 9.40. The van der Waals surface area contributed by atoms with Crippen LogP contribution in [-0.2, 0) is 0 Å². The number of hydrogen-bond donors (Lipinski definition) is 2. The van der Waals surface area contributed by atoms with E-state index in [1.807, 2.05) is 13.8 Å². The summed E-state index contributed by atoms with van der Waals surface area (Å²) in [7, 11) is 0. The smallest absolute Gasteiger partial charge is 0.326 e. The minimum Gasteiger partial charge on any atom is -0.326 e. The first-order chi connectivity index (χ1) is 6.87. The average molecular weight is 226 g/mol. The Hall–Kier alpha value is -0.290. The average Bonchev–Trinajstić information content (AvgIpc) is 2.14. The lowest BCUT2D eigenvalue weighted by Crippen LogP contribution is -2.39. The highest BCUT2D eigenvalue weighted by Crippen LogP contribution is 2.20. The predicted molar refractivity (Wildman–Crippen MR) is 55.6 cm³/mol. The van der Waals surface area contributed by atoms with E-state index < -0.39 is 12.6 Å². The Balaban J connectivity index is 3.39. The molecule has 0 aliphatic rings. The quantitative estimate of drug-likeness (QED) is 0.654.